The highest BCUT2D eigenvalue weighted by atomic mass is 16.2. The summed E-state index contributed by atoms with van der Waals surface area (Å²) < 4.78 is 0. The zero-order valence-electron chi connectivity index (χ0n) is 16.0. The van der Waals surface area contributed by atoms with Gasteiger partial charge in [0.05, 0.1) is 0 Å². The van der Waals surface area contributed by atoms with Crippen LogP contribution in [0.1, 0.15) is 54.9 Å². The Kier molecular flexibility index (Phi) is 6.64. The lowest BCUT2D eigenvalue weighted by Gasteiger charge is -2.25. The molecule has 0 aromatic heterocycles. The largest absolute Gasteiger partial charge is 0.352 e. The second-order valence-corrected chi connectivity index (χ2v) is 7.25. The number of likely N-dealkylation sites (tertiary alicyclic amines) is 1. The number of nitrogens with zero attached hydrogens (tertiary/aromatic N) is 1. The smallest absolute Gasteiger partial charge is 0.253 e. The maximum absolute atomic E-state index is 12.8. The molecule has 0 bridgehead atoms. The SMILES string of the molecule is CC(=O)NCc1cccc(-c2ccc(C(=O)N3CCCCCCC3)cc2)c1. The number of hydrogen-bond donors (Lipinski definition) is 1. The van der Waals surface area contributed by atoms with Gasteiger partial charge in [0.15, 0.2) is 0 Å². The average molecular weight is 364 g/mol. The van der Waals surface area contributed by atoms with Gasteiger partial charge in [0.1, 0.15) is 0 Å². The topological polar surface area (TPSA) is 49.4 Å². The third-order valence-corrected chi connectivity index (χ3v) is 5.08. The van der Waals surface area contributed by atoms with Crippen molar-refractivity contribution in [2.24, 2.45) is 0 Å². The molecule has 0 unspecified atom stereocenters. The van der Waals surface area contributed by atoms with Crippen molar-refractivity contribution >= 4 is 11.8 Å². The third-order valence-electron chi connectivity index (χ3n) is 5.08. The van der Waals surface area contributed by atoms with Gasteiger partial charge in [-0.3, -0.25) is 9.59 Å². The summed E-state index contributed by atoms with van der Waals surface area (Å²) in [5.74, 6) is 0.107. The lowest BCUT2D eigenvalue weighted by Crippen LogP contribution is -2.33. The highest BCUT2D eigenvalue weighted by Gasteiger charge is 2.16. The fraction of sp³-hybridized carbons (Fsp3) is 0.391. The van der Waals surface area contributed by atoms with Crippen molar-refractivity contribution in [3.63, 3.8) is 0 Å². The molecule has 3 rings (SSSR count). The molecule has 1 aliphatic heterocycles. The van der Waals surface area contributed by atoms with Gasteiger partial charge in [0.2, 0.25) is 5.91 Å². The molecular formula is C23H28N2O2. The minimum absolute atomic E-state index is 0.0347. The van der Waals surface area contributed by atoms with Crippen molar-refractivity contribution in [2.75, 3.05) is 13.1 Å². The Morgan fingerprint density at radius 1 is 0.889 bits per heavy atom. The Hall–Kier alpha value is -2.62. The minimum Gasteiger partial charge on any atom is -0.352 e. The standard InChI is InChI=1S/C23H28N2O2/c1-18(26)24-17-19-8-7-9-22(16-19)20-10-12-21(13-11-20)23(27)25-14-5-3-2-4-6-15-25/h7-13,16H,2-6,14-15,17H2,1H3,(H,24,26). The molecule has 0 spiro atoms. The first-order valence-corrected chi connectivity index (χ1v) is 9.86. The van der Waals surface area contributed by atoms with E-state index in [1.807, 2.05) is 47.4 Å². The van der Waals surface area contributed by atoms with E-state index in [2.05, 4.69) is 11.4 Å². The molecule has 4 nitrogen and oxygen atoms in total. The average Bonchev–Trinajstić information content (AvgIpc) is 2.66. The fourth-order valence-corrected chi connectivity index (χ4v) is 3.53. The summed E-state index contributed by atoms with van der Waals surface area (Å²) in [7, 11) is 0. The van der Waals surface area contributed by atoms with Crippen molar-refractivity contribution in [3.8, 4) is 11.1 Å². The predicted octanol–water partition coefficient (Wildman–Crippen LogP) is 4.40. The van der Waals surface area contributed by atoms with E-state index in [9.17, 15) is 9.59 Å². The van der Waals surface area contributed by atoms with Crippen molar-refractivity contribution in [1.82, 2.24) is 10.2 Å². The van der Waals surface area contributed by atoms with Crippen molar-refractivity contribution in [1.29, 1.82) is 0 Å². The lowest BCUT2D eigenvalue weighted by atomic mass is 10.0. The number of carbonyl (C=O) groups is 2. The van der Waals surface area contributed by atoms with Crippen LogP contribution < -0.4 is 5.32 Å². The molecular weight excluding hydrogens is 336 g/mol. The molecule has 2 aromatic rings. The Bertz CT molecular complexity index is 775. The van der Waals surface area contributed by atoms with Crippen LogP contribution in [-0.4, -0.2) is 29.8 Å². The molecule has 27 heavy (non-hydrogen) atoms. The summed E-state index contributed by atoms with van der Waals surface area (Å²) in [4.78, 5) is 25.9. The first kappa shape index (κ1) is 19.2. The molecule has 0 atom stereocenters. The molecule has 4 heteroatoms. The summed E-state index contributed by atoms with van der Waals surface area (Å²) in [6, 6.07) is 16.0. The normalized spacial score (nSPS) is 14.9. The van der Waals surface area contributed by atoms with Gasteiger partial charge >= 0.3 is 0 Å². The fourth-order valence-electron chi connectivity index (χ4n) is 3.53. The maximum atomic E-state index is 12.8. The number of rotatable bonds is 4. The Balaban J connectivity index is 1.70. The van der Waals surface area contributed by atoms with E-state index < -0.39 is 0 Å². The van der Waals surface area contributed by atoms with E-state index in [4.69, 9.17) is 0 Å². The van der Waals surface area contributed by atoms with E-state index in [1.54, 1.807) is 0 Å². The van der Waals surface area contributed by atoms with Gasteiger partial charge in [-0.2, -0.15) is 0 Å². The molecule has 0 aliphatic carbocycles. The first-order chi connectivity index (χ1) is 13.1. The van der Waals surface area contributed by atoms with E-state index in [-0.39, 0.29) is 11.8 Å². The lowest BCUT2D eigenvalue weighted by molar-refractivity contribution is -0.119. The Morgan fingerprint density at radius 3 is 2.22 bits per heavy atom. The number of amides is 2. The number of hydrogen-bond acceptors (Lipinski definition) is 2. The summed E-state index contributed by atoms with van der Waals surface area (Å²) in [6.07, 6.45) is 5.93. The number of carbonyl (C=O) groups excluding carboxylic acids is 2. The highest BCUT2D eigenvalue weighted by Crippen LogP contribution is 2.22. The van der Waals surface area contributed by atoms with Crippen LogP contribution in [0.5, 0.6) is 0 Å². The molecule has 1 aliphatic rings. The Labute approximate surface area is 161 Å². The van der Waals surface area contributed by atoms with Crippen LogP contribution in [-0.2, 0) is 11.3 Å². The molecule has 0 radical (unpaired) electrons. The van der Waals surface area contributed by atoms with E-state index in [0.717, 1.165) is 48.2 Å². The van der Waals surface area contributed by atoms with Crippen molar-refractivity contribution in [3.05, 3.63) is 59.7 Å². The van der Waals surface area contributed by atoms with Gasteiger partial charge in [-0.15, -0.1) is 0 Å². The van der Waals surface area contributed by atoms with Crippen LogP contribution in [0, 0.1) is 0 Å². The van der Waals surface area contributed by atoms with Crippen LogP contribution in [0.25, 0.3) is 11.1 Å². The molecule has 1 heterocycles. The van der Waals surface area contributed by atoms with Gasteiger partial charge in [-0.05, 0) is 47.7 Å². The Morgan fingerprint density at radius 2 is 1.56 bits per heavy atom. The van der Waals surface area contributed by atoms with Gasteiger partial charge < -0.3 is 10.2 Å². The molecule has 2 amide bonds. The van der Waals surface area contributed by atoms with Gasteiger partial charge in [-0.1, -0.05) is 49.6 Å². The molecule has 142 valence electrons. The van der Waals surface area contributed by atoms with Gasteiger partial charge in [-0.25, -0.2) is 0 Å². The molecule has 2 aromatic carbocycles. The molecule has 0 saturated carbocycles. The summed E-state index contributed by atoms with van der Waals surface area (Å²) in [5.41, 5.74) is 3.98. The number of nitrogens with one attached hydrogen (secondary N) is 1. The summed E-state index contributed by atoms with van der Waals surface area (Å²) in [5, 5.41) is 2.82. The van der Waals surface area contributed by atoms with E-state index >= 15 is 0 Å². The van der Waals surface area contributed by atoms with Gasteiger partial charge in [0, 0.05) is 32.1 Å². The zero-order chi connectivity index (χ0) is 19.1. The van der Waals surface area contributed by atoms with Crippen LogP contribution in [0.3, 0.4) is 0 Å². The second-order valence-electron chi connectivity index (χ2n) is 7.25. The number of benzene rings is 2. The quantitative estimate of drug-likeness (QED) is 0.874. The zero-order valence-corrected chi connectivity index (χ0v) is 16.0. The summed E-state index contributed by atoms with van der Waals surface area (Å²) >= 11 is 0. The van der Waals surface area contributed by atoms with Crippen LogP contribution in [0.15, 0.2) is 48.5 Å². The molecule has 1 N–H and O–H groups in total. The van der Waals surface area contributed by atoms with Crippen LogP contribution in [0.2, 0.25) is 0 Å². The van der Waals surface area contributed by atoms with Crippen LogP contribution >= 0.6 is 0 Å². The van der Waals surface area contributed by atoms with E-state index in [1.165, 1.54) is 26.2 Å². The monoisotopic (exact) mass is 364 g/mol. The maximum Gasteiger partial charge on any atom is 0.253 e. The van der Waals surface area contributed by atoms with Crippen molar-refractivity contribution in [2.45, 2.75) is 45.6 Å². The first-order valence-electron chi connectivity index (χ1n) is 9.86. The second kappa shape index (κ2) is 9.36. The third kappa shape index (κ3) is 5.43. The van der Waals surface area contributed by atoms with Crippen LogP contribution in [0.4, 0.5) is 0 Å². The van der Waals surface area contributed by atoms with E-state index in [0.29, 0.717) is 6.54 Å². The molecule has 1 fully saturated rings. The predicted molar refractivity (Wildman–Crippen MR) is 108 cm³/mol. The van der Waals surface area contributed by atoms with Crippen molar-refractivity contribution < 1.29 is 9.59 Å². The highest BCUT2D eigenvalue weighted by molar-refractivity contribution is 5.94. The van der Waals surface area contributed by atoms with Gasteiger partial charge in [0.25, 0.3) is 5.91 Å². The minimum atomic E-state index is -0.0347. The molecule has 1 saturated heterocycles. The summed E-state index contributed by atoms with van der Waals surface area (Å²) in [6.45, 7) is 3.78.